The molecule has 0 bridgehead atoms. The van der Waals surface area contributed by atoms with Gasteiger partial charge in [0, 0.05) is 32.7 Å². The summed E-state index contributed by atoms with van der Waals surface area (Å²) in [5, 5.41) is 3.38. The SMILES string of the molecule is CC(C)(C)OC(=O)N1CCCC(Oc2ccccc2N2CCNCC2)C1. The molecule has 26 heavy (non-hydrogen) atoms. The third-order valence-corrected chi connectivity index (χ3v) is 4.65. The third-order valence-electron chi connectivity index (χ3n) is 4.65. The molecule has 144 valence electrons. The van der Waals surface area contributed by atoms with Crippen molar-refractivity contribution in [1.82, 2.24) is 10.2 Å². The molecule has 0 saturated carbocycles. The Balaban J connectivity index is 1.64. The van der Waals surface area contributed by atoms with E-state index in [2.05, 4.69) is 22.3 Å². The van der Waals surface area contributed by atoms with Crippen molar-refractivity contribution in [1.29, 1.82) is 0 Å². The van der Waals surface area contributed by atoms with Gasteiger partial charge in [-0.05, 0) is 45.7 Å². The van der Waals surface area contributed by atoms with Crippen molar-refractivity contribution < 1.29 is 14.3 Å². The molecule has 6 nitrogen and oxygen atoms in total. The number of hydrogen-bond acceptors (Lipinski definition) is 5. The van der Waals surface area contributed by atoms with Crippen LogP contribution in [0.5, 0.6) is 5.75 Å². The van der Waals surface area contributed by atoms with E-state index in [-0.39, 0.29) is 12.2 Å². The fourth-order valence-electron chi connectivity index (χ4n) is 3.43. The molecule has 2 fully saturated rings. The predicted molar refractivity (Wildman–Crippen MR) is 103 cm³/mol. The van der Waals surface area contributed by atoms with E-state index < -0.39 is 5.60 Å². The number of nitrogens with zero attached hydrogens (tertiary/aromatic N) is 2. The number of rotatable bonds is 3. The second-order valence-corrected chi connectivity index (χ2v) is 8.01. The lowest BCUT2D eigenvalue weighted by Gasteiger charge is -2.35. The number of anilines is 1. The Morgan fingerprint density at radius 3 is 2.62 bits per heavy atom. The van der Waals surface area contributed by atoms with Crippen molar-refractivity contribution in [2.45, 2.75) is 45.3 Å². The van der Waals surface area contributed by atoms with Gasteiger partial charge in [0.2, 0.25) is 0 Å². The molecule has 1 unspecified atom stereocenters. The second-order valence-electron chi connectivity index (χ2n) is 8.01. The summed E-state index contributed by atoms with van der Waals surface area (Å²) in [6.07, 6.45) is 1.64. The first-order valence-corrected chi connectivity index (χ1v) is 9.62. The summed E-state index contributed by atoms with van der Waals surface area (Å²) in [6, 6.07) is 8.21. The first-order valence-electron chi connectivity index (χ1n) is 9.62. The number of hydrogen-bond donors (Lipinski definition) is 1. The Hall–Kier alpha value is -1.95. The van der Waals surface area contributed by atoms with E-state index in [0.717, 1.165) is 57.0 Å². The number of likely N-dealkylation sites (tertiary alicyclic amines) is 1. The molecule has 1 aromatic rings. The van der Waals surface area contributed by atoms with E-state index in [9.17, 15) is 4.79 Å². The minimum absolute atomic E-state index is 0.000309. The number of para-hydroxylation sites is 2. The average Bonchev–Trinajstić information content (AvgIpc) is 2.62. The summed E-state index contributed by atoms with van der Waals surface area (Å²) in [5.41, 5.74) is 0.670. The van der Waals surface area contributed by atoms with E-state index in [1.54, 1.807) is 4.90 Å². The molecule has 2 aliphatic rings. The molecule has 3 rings (SSSR count). The third kappa shape index (κ3) is 5.04. The zero-order chi connectivity index (χ0) is 18.6. The highest BCUT2D eigenvalue weighted by atomic mass is 16.6. The minimum Gasteiger partial charge on any atom is -0.486 e. The van der Waals surface area contributed by atoms with Gasteiger partial charge in [0.15, 0.2) is 0 Å². The van der Waals surface area contributed by atoms with Gasteiger partial charge in [0.05, 0.1) is 12.2 Å². The molecular formula is C20H31N3O3. The first-order chi connectivity index (χ1) is 12.4. The minimum atomic E-state index is -0.472. The van der Waals surface area contributed by atoms with Gasteiger partial charge in [-0.15, -0.1) is 0 Å². The quantitative estimate of drug-likeness (QED) is 0.897. The summed E-state index contributed by atoms with van der Waals surface area (Å²) in [7, 11) is 0. The topological polar surface area (TPSA) is 54.0 Å². The van der Waals surface area contributed by atoms with Crippen LogP contribution in [-0.2, 0) is 4.74 Å². The second kappa shape index (κ2) is 8.16. The molecule has 2 saturated heterocycles. The van der Waals surface area contributed by atoms with Crippen LogP contribution in [0, 0.1) is 0 Å². The van der Waals surface area contributed by atoms with Gasteiger partial charge in [-0.3, -0.25) is 0 Å². The van der Waals surface area contributed by atoms with Crippen LogP contribution >= 0.6 is 0 Å². The molecule has 1 N–H and O–H groups in total. The van der Waals surface area contributed by atoms with Crippen LogP contribution in [0.3, 0.4) is 0 Å². The van der Waals surface area contributed by atoms with Crippen LogP contribution in [0.15, 0.2) is 24.3 Å². The Morgan fingerprint density at radius 1 is 1.15 bits per heavy atom. The van der Waals surface area contributed by atoms with Gasteiger partial charge >= 0.3 is 6.09 Å². The number of benzene rings is 1. The highest BCUT2D eigenvalue weighted by molar-refractivity contribution is 5.68. The summed E-state index contributed by atoms with van der Waals surface area (Å²) < 4.78 is 11.8. The zero-order valence-corrected chi connectivity index (χ0v) is 16.2. The van der Waals surface area contributed by atoms with Crippen LogP contribution in [0.2, 0.25) is 0 Å². The maximum absolute atomic E-state index is 12.4. The number of nitrogens with one attached hydrogen (secondary N) is 1. The summed E-state index contributed by atoms with van der Waals surface area (Å²) in [5.74, 6) is 0.908. The standard InChI is InChI=1S/C20H31N3O3/c1-20(2,3)26-19(24)23-12-6-7-16(15-23)25-18-9-5-4-8-17(18)22-13-10-21-11-14-22/h4-5,8-9,16,21H,6-7,10-15H2,1-3H3. The van der Waals surface area contributed by atoms with Crippen molar-refractivity contribution in [2.75, 3.05) is 44.2 Å². The van der Waals surface area contributed by atoms with Crippen molar-refractivity contribution in [3.05, 3.63) is 24.3 Å². The predicted octanol–water partition coefficient (Wildman–Crippen LogP) is 2.87. The van der Waals surface area contributed by atoms with Gasteiger partial charge in [0.25, 0.3) is 0 Å². The van der Waals surface area contributed by atoms with E-state index in [0.29, 0.717) is 6.54 Å². The lowest BCUT2D eigenvalue weighted by Crippen LogP contribution is -2.46. The van der Waals surface area contributed by atoms with Crippen LogP contribution in [0.25, 0.3) is 0 Å². The molecule has 2 aliphatic heterocycles. The van der Waals surface area contributed by atoms with Gasteiger partial charge in [-0.25, -0.2) is 4.79 Å². The summed E-state index contributed by atoms with van der Waals surface area (Å²) >= 11 is 0. The van der Waals surface area contributed by atoms with Gasteiger partial charge in [-0.1, -0.05) is 12.1 Å². The number of ether oxygens (including phenoxy) is 2. The normalized spacial score (nSPS) is 21.4. The zero-order valence-electron chi connectivity index (χ0n) is 16.2. The molecule has 0 aromatic heterocycles. The molecule has 6 heteroatoms. The Bertz CT molecular complexity index is 609. The number of piperazine rings is 1. The van der Waals surface area contributed by atoms with E-state index in [1.165, 1.54) is 0 Å². The fourth-order valence-corrected chi connectivity index (χ4v) is 3.43. The first kappa shape index (κ1) is 18.8. The van der Waals surface area contributed by atoms with E-state index in [1.807, 2.05) is 32.9 Å². The van der Waals surface area contributed by atoms with Crippen LogP contribution in [-0.4, -0.2) is 62.0 Å². The molecule has 0 aliphatic carbocycles. The maximum Gasteiger partial charge on any atom is 0.410 e. The molecule has 0 spiro atoms. The van der Waals surface area contributed by atoms with Crippen LogP contribution < -0.4 is 15.0 Å². The molecule has 1 atom stereocenters. The van der Waals surface area contributed by atoms with Gasteiger partial charge in [0.1, 0.15) is 17.5 Å². The fraction of sp³-hybridized carbons (Fsp3) is 0.650. The van der Waals surface area contributed by atoms with Crippen LogP contribution in [0.1, 0.15) is 33.6 Å². The molecule has 2 heterocycles. The largest absolute Gasteiger partial charge is 0.486 e. The van der Waals surface area contributed by atoms with Gasteiger partial charge in [-0.2, -0.15) is 0 Å². The van der Waals surface area contributed by atoms with Crippen molar-refractivity contribution >= 4 is 11.8 Å². The van der Waals surface area contributed by atoms with Crippen LogP contribution in [0.4, 0.5) is 10.5 Å². The van der Waals surface area contributed by atoms with E-state index in [4.69, 9.17) is 9.47 Å². The number of amides is 1. The average molecular weight is 361 g/mol. The summed E-state index contributed by atoms with van der Waals surface area (Å²) in [6.45, 7) is 10.9. The highest BCUT2D eigenvalue weighted by Gasteiger charge is 2.29. The molecule has 1 aromatic carbocycles. The molecule has 0 radical (unpaired) electrons. The number of carbonyl (C=O) groups is 1. The van der Waals surface area contributed by atoms with E-state index >= 15 is 0 Å². The highest BCUT2D eigenvalue weighted by Crippen LogP contribution is 2.30. The van der Waals surface area contributed by atoms with Crippen molar-refractivity contribution in [3.8, 4) is 5.75 Å². The number of piperidine rings is 1. The summed E-state index contributed by atoms with van der Waals surface area (Å²) in [4.78, 5) is 16.5. The molecular weight excluding hydrogens is 330 g/mol. The Morgan fingerprint density at radius 2 is 1.88 bits per heavy atom. The Labute approximate surface area is 156 Å². The van der Waals surface area contributed by atoms with Crippen molar-refractivity contribution in [3.63, 3.8) is 0 Å². The lowest BCUT2D eigenvalue weighted by atomic mass is 10.1. The lowest BCUT2D eigenvalue weighted by molar-refractivity contribution is 0.00781. The smallest absolute Gasteiger partial charge is 0.410 e. The maximum atomic E-state index is 12.4. The van der Waals surface area contributed by atoms with Crippen molar-refractivity contribution in [2.24, 2.45) is 0 Å². The van der Waals surface area contributed by atoms with Gasteiger partial charge < -0.3 is 24.6 Å². The number of carbonyl (C=O) groups excluding carboxylic acids is 1. The molecule has 1 amide bonds. The Kier molecular flexibility index (Phi) is 5.91. The monoisotopic (exact) mass is 361 g/mol.